The van der Waals surface area contributed by atoms with Gasteiger partial charge in [-0.1, -0.05) is 40.2 Å². The van der Waals surface area contributed by atoms with Gasteiger partial charge >= 0.3 is 0 Å². The minimum absolute atomic E-state index is 0.0909. The Bertz CT molecular complexity index is 727. The summed E-state index contributed by atoms with van der Waals surface area (Å²) in [5, 5.41) is 10.6. The summed E-state index contributed by atoms with van der Waals surface area (Å²) in [5.41, 5.74) is 4.68. The zero-order valence-corrected chi connectivity index (χ0v) is 13.5. The van der Waals surface area contributed by atoms with Crippen molar-refractivity contribution in [1.82, 2.24) is 0 Å². The maximum absolute atomic E-state index is 11.7. The minimum atomic E-state index is -0.703. The number of carbonyl (C=O) groups excluding carboxylic acids is 1. The molecule has 0 aromatic heterocycles. The molecule has 4 heteroatoms. The number of aliphatic hydroxyl groups excluding tert-OH is 1. The quantitative estimate of drug-likeness (QED) is 0.906. The summed E-state index contributed by atoms with van der Waals surface area (Å²) < 4.78 is 0.892. The zero-order chi connectivity index (χ0) is 15.1. The van der Waals surface area contributed by atoms with Crippen molar-refractivity contribution in [3.05, 3.63) is 63.1 Å². The highest BCUT2D eigenvalue weighted by Crippen LogP contribution is 2.34. The molecule has 1 aliphatic heterocycles. The van der Waals surface area contributed by atoms with Crippen molar-refractivity contribution in [3.63, 3.8) is 0 Å². The number of benzene rings is 2. The van der Waals surface area contributed by atoms with Crippen LogP contribution in [0.25, 0.3) is 0 Å². The Morgan fingerprint density at radius 1 is 1.24 bits per heavy atom. The molecule has 0 radical (unpaired) electrons. The van der Waals surface area contributed by atoms with Gasteiger partial charge in [-0.15, -0.1) is 0 Å². The van der Waals surface area contributed by atoms with Crippen LogP contribution in [0.2, 0.25) is 0 Å². The standard InChI is InChI=1S/C17H16BrNO2/c1-10-3-5-13(14(18)7-10)17(21)11-4-6-15-12(8-11)9-16(20)19(15)2/h3-8,17,21H,9H2,1-2H3. The maximum atomic E-state index is 11.7. The maximum Gasteiger partial charge on any atom is 0.231 e. The van der Waals surface area contributed by atoms with E-state index in [9.17, 15) is 9.90 Å². The minimum Gasteiger partial charge on any atom is -0.384 e. The number of aliphatic hydroxyl groups is 1. The molecule has 21 heavy (non-hydrogen) atoms. The third-order valence-electron chi connectivity index (χ3n) is 3.95. The third kappa shape index (κ3) is 2.49. The summed E-state index contributed by atoms with van der Waals surface area (Å²) in [6, 6.07) is 11.6. The Morgan fingerprint density at radius 2 is 2.00 bits per heavy atom. The van der Waals surface area contributed by atoms with Crippen LogP contribution in [0.3, 0.4) is 0 Å². The summed E-state index contributed by atoms with van der Waals surface area (Å²) in [5.74, 6) is 0.0909. The second-order valence-corrected chi connectivity index (χ2v) is 6.30. The lowest BCUT2D eigenvalue weighted by molar-refractivity contribution is -0.117. The van der Waals surface area contributed by atoms with Crippen LogP contribution in [0.5, 0.6) is 0 Å². The van der Waals surface area contributed by atoms with Crippen LogP contribution in [-0.2, 0) is 11.2 Å². The van der Waals surface area contributed by atoms with Crippen LogP contribution >= 0.6 is 15.9 Å². The van der Waals surface area contributed by atoms with E-state index in [-0.39, 0.29) is 5.91 Å². The van der Waals surface area contributed by atoms with Gasteiger partial charge in [0.1, 0.15) is 6.10 Å². The van der Waals surface area contributed by atoms with E-state index in [1.165, 1.54) is 0 Å². The van der Waals surface area contributed by atoms with Gasteiger partial charge in [-0.05, 0) is 41.3 Å². The topological polar surface area (TPSA) is 40.5 Å². The van der Waals surface area contributed by atoms with Gasteiger partial charge in [0.05, 0.1) is 6.42 Å². The van der Waals surface area contributed by atoms with Gasteiger partial charge in [0.15, 0.2) is 0 Å². The average molecular weight is 346 g/mol. The first kappa shape index (κ1) is 14.3. The van der Waals surface area contributed by atoms with Crippen molar-refractivity contribution >= 4 is 27.5 Å². The van der Waals surface area contributed by atoms with Gasteiger partial charge < -0.3 is 10.0 Å². The molecule has 3 nitrogen and oxygen atoms in total. The largest absolute Gasteiger partial charge is 0.384 e. The molecule has 1 heterocycles. The second-order valence-electron chi connectivity index (χ2n) is 5.45. The first-order valence-corrected chi connectivity index (χ1v) is 7.60. The fourth-order valence-corrected chi connectivity index (χ4v) is 3.40. The van der Waals surface area contributed by atoms with Crippen molar-refractivity contribution in [3.8, 4) is 0 Å². The summed E-state index contributed by atoms with van der Waals surface area (Å²) in [7, 11) is 1.78. The van der Waals surface area contributed by atoms with Gasteiger partial charge in [-0.2, -0.15) is 0 Å². The van der Waals surface area contributed by atoms with Gasteiger partial charge in [0.25, 0.3) is 0 Å². The molecule has 0 saturated carbocycles. The molecule has 1 atom stereocenters. The fourth-order valence-electron chi connectivity index (χ4n) is 2.69. The van der Waals surface area contributed by atoms with E-state index in [0.29, 0.717) is 6.42 Å². The molecule has 0 bridgehead atoms. The summed E-state index contributed by atoms with van der Waals surface area (Å²) in [6.07, 6.45) is -0.298. The molecular formula is C17H16BrNO2. The number of aryl methyl sites for hydroxylation is 1. The first-order chi connectivity index (χ1) is 9.97. The fraction of sp³-hybridized carbons (Fsp3) is 0.235. The molecule has 2 aromatic rings. The molecule has 0 fully saturated rings. The molecular weight excluding hydrogens is 330 g/mol. The van der Waals surface area contributed by atoms with E-state index in [1.54, 1.807) is 11.9 Å². The van der Waals surface area contributed by atoms with Crippen LogP contribution in [0, 0.1) is 6.92 Å². The lowest BCUT2D eigenvalue weighted by atomic mass is 9.98. The van der Waals surface area contributed by atoms with Gasteiger partial charge in [0, 0.05) is 17.2 Å². The molecule has 0 aliphatic carbocycles. The molecule has 0 saturated heterocycles. The molecule has 1 unspecified atom stereocenters. The summed E-state index contributed by atoms with van der Waals surface area (Å²) >= 11 is 3.50. The smallest absolute Gasteiger partial charge is 0.231 e. The molecule has 1 amide bonds. The number of fused-ring (bicyclic) bond motifs is 1. The Balaban J connectivity index is 1.98. The van der Waals surface area contributed by atoms with Crippen molar-refractivity contribution in [2.45, 2.75) is 19.4 Å². The predicted octanol–water partition coefficient (Wildman–Crippen LogP) is 3.36. The number of likely N-dealkylation sites (N-methyl/N-ethyl adjacent to an activating group) is 1. The molecule has 1 aliphatic rings. The predicted molar refractivity (Wildman–Crippen MR) is 86.5 cm³/mol. The third-order valence-corrected chi connectivity index (χ3v) is 4.63. The monoisotopic (exact) mass is 345 g/mol. The van der Waals surface area contributed by atoms with Crippen molar-refractivity contribution < 1.29 is 9.90 Å². The van der Waals surface area contributed by atoms with E-state index in [4.69, 9.17) is 0 Å². The van der Waals surface area contributed by atoms with Gasteiger partial charge in [-0.3, -0.25) is 4.79 Å². The normalized spacial score (nSPS) is 15.2. The number of carbonyl (C=O) groups is 1. The van der Waals surface area contributed by atoms with Crippen molar-refractivity contribution in [2.24, 2.45) is 0 Å². The zero-order valence-electron chi connectivity index (χ0n) is 11.9. The molecule has 1 N–H and O–H groups in total. The number of rotatable bonds is 2. The van der Waals surface area contributed by atoms with Crippen molar-refractivity contribution in [2.75, 3.05) is 11.9 Å². The van der Waals surface area contributed by atoms with E-state index < -0.39 is 6.10 Å². The Labute approximate surface area is 132 Å². The highest BCUT2D eigenvalue weighted by atomic mass is 79.9. The number of nitrogens with zero attached hydrogens (tertiary/aromatic N) is 1. The van der Waals surface area contributed by atoms with Crippen LogP contribution in [0.4, 0.5) is 5.69 Å². The van der Waals surface area contributed by atoms with Crippen LogP contribution < -0.4 is 4.90 Å². The van der Waals surface area contributed by atoms with E-state index in [0.717, 1.165) is 32.4 Å². The lowest BCUT2D eigenvalue weighted by Crippen LogP contribution is -2.20. The van der Waals surface area contributed by atoms with Crippen LogP contribution in [0.15, 0.2) is 40.9 Å². The van der Waals surface area contributed by atoms with Crippen LogP contribution in [-0.4, -0.2) is 18.1 Å². The van der Waals surface area contributed by atoms with E-state index in [1.807, 2.05) is 43.3 Å². The van der Waals surface area contributed by atoms with E-state index in [2.05, 4.69) is 15.9 Å². The number of amides is 1. The lowest BCUT2D eigenvalue weighted by Gasteiger charge is -2.16. The summed E-state index contributed by atoms with van der Waals surface area (Å²) in [4.78, 5) is 13.4. The Kier molecular flexibility index (Phi) is 3.59. The van der Waals surface area contributed by atoms with Gasteiger partial charge in [0.2, 0.25) is 5.91 Å². The summed E-state index contributed by atoms with van der Waals surface area (Å²) in [6.45, 7) is 2.01. The number of hydrogen-bond donors (Lipinski definition) is 1. The number of hydrogen-bond acceptors (Lipinski definition) is 2. The number of anilines is 1. The van der Waals surface area contributed by atoms with Crippen molar-refractivity contribution in [1.29, 1.82) is 0 Å². The van der Waals surface area contributed by atoms with E-state index >= 15 is 0 Å². The Hall–Kier alpha value is -1.65. The second kappa shape index (κ2) is 5.28. The van der Waals surface area contributed by atoms with Gasteiger partial charge in [-0.25, -0.2) is 0 Å². The van der Waals surface area contributed by atoms with Crippen LogP contribution in [0.1, 0.15) is 28.4 Å². The average Bonchev–Trinajstić information content (AvgIpc) is 2.73. The number of halogens is 1. The molecule has 108 valence electrons. The highest BCUT2D eigenvalue weighted by molar-refractivity contribution is 9.10. The molecule has 0 spiro atoms. The molecule has 3 rings (SSSR count). The first-order valence-electron chi connectivity index (χ1n) is 6.81. The molecule has 2 aromatic carbocycles. The highest BCUT2D eigenvalue weighted by Gasteiger charge is 2.25. The Morgan fingerprint density at radius 3 is 2.71 bits per heavy atom. The SMILES string of the molecule is Cc1ccc(C(O)c2ccc3c(c2)CC(=O)N3C)c(Br)c1.